The lowest BCUT2D eigenvalue weighted by molar-refractivity contribution is 0.0950. The molecule has 8 nitrogen and oxygen atoms in total. The van der Waals surface area contributed by atoms with Crippen LogP contribution in [0.25, 0.3) is 16.9 Å². The van der Waals surface area contributed by atoms with Crippen LogP contribution in [-0.4, -0.2) is 30.1 Å². The van der Waals surface area contributed by atoms with Crippen LogP contribution in [0, 0.1) is 5.82 Å². The van der Waals surface area contributed by atoms with Gasteiger partial charge >= 0.3 is 5.69 Å². The second-order valence-electron chi connectivity index (χ2n) is 7.61. The van der Waals surface area contributed by atoms with Gasteiger partial charge in [0.25, 0.3) is 5.91 Å². The van der Waals surface area contributed by atoms with Gasteiger partial charge < -0.3 is 5.32 Å². The molecule has 0 bridgehead atoms. The van der Waals surface area contributed by atoms with Gasteiger partial charge in [-0.15, -0.1) is 5.10 Å². The standard InChI is InChI=1S/C25H19FN6O2/c26-20-9-6-17(7-10-20)23-18(4-3-13-28-23)14-29-24(33)19-8-11-22-30-32(25(34)31(22)15-19)16-21-5-1-2-12-27-21/h1-13,15H,14,16H2,(H,29,33). The van der Waals surface area contributed by atoms with Gasteiger partial charge in [-0.2, -0.15) is 0 Å². The summed E-state index contributed by atoms with van der Waals surface area (Å²) in [5, 5.41) is 7.18. The summed E-state index contributed by atoms with van der Waals surface area (Å²) in [4.78, 5) is 34.2. The molecule has 0 aliphatic heterocycles. The van der Waals surface area contributed by atoms with Crippen molar-refractivity contribution in [2.75, 3.05) is 0 Å². The van der Waals surface area contributed by atoms with Crippen molar-refractivity contribution < 1.29 is 9.18 Å². The maximum Gasteiger partial charge on any atom is 0.350 e. The van der Waals surface area contributed by atoms with Crippen LogP contribution in [0.15, 0.2) is 90.1 Å². The number of rotatable bonds is 6. The first kappa shape index (κ1) is 21.2. The molecule has 4 heterocycles. The zero-order valence-corrected chi connectivity index (χ0v) is 17.9. The summed E-state index contributed by atoms with van der Waals surface area (Å²) in [6, 6.07) is 18.3. The van der Waals surface area contributed by atoms with Crippen LogP contribution in [0.4, 0.5) is 4.39 Å². The summed E-state index contributed by atoms with van der Waals surface area (Å²) in [5.41, 5.74) is 3.29. The molecular weight excluding hydrogens is 435 g/mol. The van der Waals surface area contributed by atoms with Crippen LogP contribution >= 0.6 is 0 Å². The summed E-state index contributed by atoms with van der Waals surface area (Å²) < 4.78 is 15.9. The number of carbonyl (C=O) groups excluding carboxylic acids is 1. The predicted molar refractivity (Wildman–Crippen MR) is 124 cm³/mol. The lowest BCUT2D eigenvalue weighted by atomic mass is 10.1. The van der Waals surface area contributed by atoms with Crippen molar-refractivity contribution in [1.82, 2.24) is 29.5 Å². The van der Waals surface area contributed by atoms with E-state index in [1.165, 1.54) is 27.4 Å². The average molecular weight is 454 g/mol. The summed E-state index contributed by atoms with van der Waals surface area (Å²) in [5.74, 6) is -0.677. The molecule has 168 valence electrons. The summed E-state index contributed by atoms with van der Waals surface area (Å²) >= 11 is 0. The zero-order chi connectivity index (χ0) is 23.5. The third-order valence-electron chi connectivity index (χ3n) is 5.33. The minimum absolute atomic E-state index is 0.214. The van der Waals surface area contributed by atoms with Crippen LogP contribution in [-0.2, 0) is 13.1 Å². The Labute approximate surface area is 193 Å². The number of carbonyl (C=O) groups is 1. The maximum atomic E-state index is 13.3. The van der Waals surface area contributed by atoms with Crippen molar-refractivity contribution in [3.63, 3.8) is 0 Å². The molecular formula is C25H19FN6O2. The van der Waals surface area contributed by atoms with E-state index < -0.39 is 0 Å². The Bertz CT molecular complexity index is 1530. The van der Waals surface area contributed by atoms with E-state index in [4.69, 9.17) is 0 Å². The smallest absolute Gasteiger partial charge is 0.348 e. The van der Waals surface area contributed by atoms with Crippen molar-refractivity contribution in [2.45, 2.75) is 13.1 Å². The van der Waals surface area contributed by atoms with Crippen molar-refractivity contribution >= 4 is 11.6 Å². The fraction of sp³-hybridized carbons (Fsp3) is 0.0800. The maximum absolute atomic E-state index is 13.3. The van der Waals surface area contributed by atoms with Crippen LogP contribution in [0.5, 0.6) is 0 Å². The molecule has 1 amide bonds. The quantitative estimate of drug-likeness (QED) is 0.426. The third-order valence-corrected chi connectivity index (χ3v) is 5.33. The Balaban J connectivity index is 1.35. The lowest BCUT2D eigenvalue weighted by Gasteiger charge is -2.10. The Hall–Kier alpha value is -4.66. The molecule has 0 spiro atoms. The highest BCUT2D eigenvalue weighted by Crippen LogP contribution is 2.21. The molecule has 9 heteroatoms. The van der Waals surface area contributed by atoms with E-state index in [-0.39, 0.29) is 30.5 Å². The van der Waals surface area contributed by atoms with Gasteiger partial charge in [0.1, 0.15) is 5.82 Å². The van der Waals surface area contributed by atoms with Crippen molar-refractivity contribution in [1.29, 1.82) is 0 Å². The number of pyridine rings is 3. The molecule has 5 aromatic rings. The molecule has 4 aromatic heterocycles. The number of halogens is 1. The van der Waals surface area contributed by atoms with E-state index in [1.54, 1.807) is 48.8 Å². The first-order valence-electron chi connectivity index (χ1n) is 10.6. The molecule has 5 rings (SSSR count). The third kappa shape index (κ3) is 4.31. The molecule has 0 aliphatic carbocycles. The van der Waals surface area contributed by atoms with E-state index in [0.717, 1.165) is 11.1 Å². The number of hydrogen-bond acceptors (Lipinski definition) is 5. The summed E-state index contributed by atoms with van der Waals surface area (Å²) in [6.07, 6.45) is 4.77. The van der Waals surface area contributed by atoms with Gasteiger partial charge in [0, 0.05) is 30.7 Å². The Kier molecular flexibility index (Phi) is 5.65. The number of nitrogens with zero attached hydrogens (tertiary/aromatic N) is 5. The number of aromatic nitrogens is 5. The number of nitrogens with one attached hydrogen (secondary N) is 1. The van der Waals surface area contributed by atoms with Crippen LogP contribution in [0.3, 0.4) is 0 Å². The minimum atomic E-state index is -0.360. The van der Waals surface area contributed by atoms with Crippen molar-refractivity contribution in [3.8, 4) is 11.3 Å². The van der Waals surface area contributed by atoms with Gasteiger partial charge in [-0.1, -0.05) is 12.1 Å². The van der Waals surface area contributed by atoms with E-state index in [0.29, 0.717) is 22.6 Å². The topological polar surface area (TPSA) is 94.2 Å². The summed E-state index contributed by atoms with van der Waals surface area (Å²) in [6.45, 7) is 0.446. The summed E-state index contributed by atoms with van der Waals surface area (Å²) in [7, 11) is 0. The molecule has 0 atom stereocenters. The Morgan fingerprint density at radius 3 is 2.56 bits per heavy atom. The highest BCUT2D eigenvalue weighted by molar-refractivity contribution is 5.94. The van der Waals surface area contributed by atoms with Gasteiger partial charge in [-0.3, -0.25) is 14.8 Å². The van der Waals surface area contributed by atoms with Crippen molar-refractivity contribution in [2.24, 2.45) is 0 Å². The lowest BCUT2D eigenvalue weighted by Crippen LogP contribution is -2.25. The van der Waals surface area contributed by atoms with E-state index >= 15 is 0 Å². The van der Waals surface area contributed by atoms with E-state index in [2.05, 4.69) is 20.4 Å². The molecule has 1 aromatic carbocycles. The molecule has 34 heavy (non-hydrogen) atoms. The van der Waals surface area contributed by atoms with Crippen LogP contribution in [0.2, 0.25) is 0 Å². The second kappa shape index (κ2) is 9.07. The largest absolute Gasteiger partial charge is 0.350 e. The molecule has 0 radical (unpaired) electrons. The van der Waals surface area contributed by atoms with E-state index in [9.17, 15) is 14.0 Å². The average Bonchev–Trinajstić information content (AvgIpc) is 3.18. The normalized spacial score (nSPS) is 11.0. The zero-order valence-electron chi connectivity index (χ0n) is 17.9. The number of amides is 1. The molecule has 1 N–H and O–H groups in total. The van der Waals surface area contributed by atoms with Crippen molar-refractivity contribution in [3.05, 3.63) is 118 Å². The van der Waals surface area contributed by atoms with Gasteiger partial charge in [0.15, 0.2) is 5.65 Å². The fourth-order valence-corrected chi connectivity index (χ4v) is 3.63. The highest BCUT2D eigenvalue weighted by Gasteiger charge is 2.13. The Morgan fingerprint density at radius 1 is 0.941 bits per heavy atom. The monoisotopic (exact) mass is 454 g/mol. The molecule has 0 saturated heterocycles. The molecule has 0 unspecified atom stereocenters. The van der Waals surface area contributed by atoms with Crippen LogP contribution < -0.4 is 11.0 Å². The highest BCUT2D eigenvalue weighted by atomic mass is 19.1. The number of hydrogen-bond donors (Lipinski definition) is 1. The Morgan fingerprint density at radius 2 is 1.76 bits per heavy atom. The first-order valence-corrected chi connectivity index (χ1v) is 10.6. The van der Waals surface area contributed by atoms with Gasteiger partial charge in [0.05, 0.1) is 23.5 Å². The minimum Gasteiger partial charge on any atom is -0.348 e. The molecule has 0 saturated carbocycles. The van der Waals surface area contributed by atoms with Gasteiger partial charge in [-0.05, 0) is 60.2 Å². The van der Waals surface area contributed by atoms with Gasteiger partial charge in [-0.25, -0.2) is 18.3 Å². The molecule has 0 aliphatic rings. The van der Waals surface area contributed by atoms with E-state index in [1.807, 2.05) is 18.2 Å². The first-order chi connectivity index (χ1) is 16.6. The van der Waals surface area contributed by atoms with Gasteiger partial charge in [0.2, 0.25) is 0 Å². The SMILES string of the molecule is O=C(NCc1cccnc1-c1ccc(F)cc1)c1ccc2nn(Cc3ccccn3)c(=O)n2c1. The fourth-order valence-electron chi connectivity index (χ4n) is 3.63. The number of benzene rings is 1. The van der Waals surface area contributed by atoms with Crippen LogP contribution in [0.1, 0.15) is 21.6 Å². The second-order valence-corrected chi connectivity index (χ2v) is 7.61. The number of fused-ring (bicyclic) bond motifs is 1. The molecule has 0 fully saturated rings. The predicted octanol–water partition coefficient (Wildman–Crippen LogP) is 3.07.